The first-order valence-corrected chi connectivity index (χ1v) is 6.61. The van der Waals surface area contributed by atoms with Gasteiger partial charge in [0.25, 0.3) is 0 Å². The second-order valence-electron chi connectivity index (χ2n) is 5.79. The average molecular weight is 241 g/mol. The molecule has 3 N–H and O–H groups in total. The minimum atomic E-state index is 0.139. The van der Waals surface area contributed by atoms with E-state index >= 15 is 0 Å². The minimum absolute atomic E-state index is 0.139. The average Bonchev–Trinajstić information content (AvgIpc) is 2.63. The summed E-state index contributed by atoms with van der Waals surface area (Å²) in [4.78, 5) is 14.1. The smallest absolute Gasteiger partial charge is 0.223 e. The molecule has 0 bridgehead atoms. The third-order valence-corrected chi connectivity index (χ3v) is 3.76. The van der Waals surface area contributed by atoms with Gasteiger partial charge in [-0.1, -0.05) is 13.8 Å². The monoisotopic (exact) mass is 241 g/mol. The first kappa shape index (κ1) is 14.5. The van der Waals surface area contributed by atoms with Crippen LogP contribution in [0.25, 0.3) is 0 Å². The van der Waals surface area contributed by atoms with Gasteiger partial charge in [-0.25, -0.2) is 0 Å². The van der Waals surface area contributed by atoms with Gasteiger partial charge in [-0.2, -0.15) is 0 Å². The van der Waals surface area contributed by atoms with Gasteiger partial charge in [0.1, 0.15) is 0 Å². The number of nitrogens with zero attached hydrogens (tertiary/aromatic N) is 1. The molecule has 0 radical (unpaired) electrons. The van der Waals surface area contributed by atoms with E-state index in [0.717, 1.165) is 25.8 Å². The van der Waals surface area contributed by atoms with Crippen LogP contribution in [0.15, 0.2) is 0 Å². The van der Waals surface area contributed by atoms with Crippen molar-refractivity contribution in [1.82, 2.24) is 10.2 Å². The van der Waals surface area contributed by atoms with Crippen LogP contribution >= 0.6 is 0 Å². The lowest BCUT2D eigenvalue weighted by atomic mass is 10.0. The van der Waals surface area contributed by atoms with Gasteiger partial charge in [-0.15, -0.1) is 0 Å². The molecular formula is C13H27N3O. The van der Waals surface area contributed by atoms with Crippen molar-refractivity contribution in [3.05, 3.63) is 0 Å². The molecule has 0 aromatic rings. The Morgan fingerprint density at radius 3 is 2.47 bits per heavy atom. The second-order valence-corrected chi connectivity index (χ2v) is 5.79. The lowest BCUT2D eigenvalue weighted by Crippen LogP contribution is -2.44. The molecule has 3 atom stereocenters. The molecule has 0 aromatic heterocycles. The fourth-order valence-electron chi connectivity index (χ4n) is 2.62. The third kappa shape index (κ3) is 4.28. The number of carbonyl (C=O) groups excluding carboxylic acids is 1. The van der Waals surface area contributed by atoms with E-state index < -0.39 is 0 Å². The molecule has 4 nitrogen and oxygen atoms in total. The first-order valence-electron chi connectivity index (χ1n) is 6.61. The summed E-state index contributed by atoms with van der Waals surface area (Å²) in [5.74, 6) is 0.863. The molecule has 17 heavy (non-hydrogen) atoms. The molecule has 4 heteroatoms. The fraction of sp³-hybridized carbons (Fsp3) is 0.923. The van der Waals surface area contributed by atoms with Crippen LogP contribution in [-0.2, 0) is 4.79 Å². The van der Waals surface area contributed by atoms with Crippen LogP contribution in [-0.4, -0.2) is 43.5 Å². The summed E-state index contributed by atoms with van der Waals surface area (Å²) >= 11 is 0. The summed E-state index contributed by atoms with van der Waals surface area (Å²) in [5, 5.41) is 3.07. The number of amides is 1. The highest BCUT2D eigenvalue weighted by Gasteiger charge is 2.28. The van der Waals surface area contributed by atoms with Crippen molar-refractivity contribution in [2.24, 2.45) is 17.6 Å². The van der Waals surface area contributed by atoms with Gasteiger partial charge in [0.15, 0.2) is 0 Å². The van der Waals surface area contributed by atoms with Crippen LogP contribution in [0.3, 0.4) is 0 Å². The lowest BCUT2D eigenvalue weighted by Gasteiger charge is -2.28. The van der Waals surface area contributed by atoms with Crippen molar-refractivity contribution in [2.75, 3.05) is 20.6 Å². The fourth-order valence-corrected chi connectivity index (χ4v) is 2.62. The SMILES string of the molecule is CC(C)C(CNC(=O)C1CCC(N)C1)N(C)C. The number of carbonyl (C=O) groups is 1. The van der Waals surface area contributed by atoms with Gasteiger partial charge in [-0.3, -0.25) is 4.79 Å². The Morgan fingerprint density at radius 1 is 1.41 bits per heavy atom. The number of rotatable bonds is 5. The number of likely N-dealkylation sites (N-methyl/N-ethyl adjacent to an activating group) is 1. The van der Waals surface area contributed by atoms with Crippen molar-refractivity contribution in [3.8, 4) is 0 Å². The summed E-state index contributed by atoms with van der Waals surface area (Å²) in [5.41, 5.74) is 5.83. The second kappa shape index (κ2) is 6.36. The minimum Gasteiger partial charge on any atom is -0.354 e. The van der Waals surface area contributed by atoms with Crippen LogP contribution < -0.4 is 11.1 Å². The molecule has 100 valence electrons. The van der Waals surface area contributed by atoms with E-state index in [1.165, 1.54) is 0 Å². The molecule has 3 unspecified atom stereocenters. The molecule has 1 rings (SSSR count). The van der Waals surface area contributed by atoms with Crippen LogP contribution in [0, 0.1) is 11.8 Å². The number of hydrogen-bond donors (Lipinski definition) is 2. The van der Waals surface area contributed by atoms with E-state index in [-0.39, 0.29) is 17.9 Å². The van der Waals surface area contributed by atoms with Crippen LogP contribution in [0.4, 0.5) is 0 Å². The zero-order valence-corrected chi connectivity index (χ0v) is 11.6. The predicted octanol–water partition coefficient (Wildman–Crippen LogP) is 0.816. The highest BCUT2D eigenvalue weighted by Crippen LogP contribution is 2.24. The van der Waals surface area contributed by atoms with Crippen molar-refractivity contribution < 1.29 is 4.79 Å². The highest BCUT2D eigenvalue weighted by atomic mass is 16.1. The number of nitrogens with one attached hydrogen (secondary N) is 1. The largest absolute Gasteiger partial charge is 0.354 e. The van der Waals surface area contributed by atoms with Gasteiger partial charge in [-0.05, 0) is 39.3 Å². The van der Waals surface area contributed by atoms with E-state index in [0.29, 0.717) is 12.0 Å². The first-order chi connectivity index (χ1) is 7.91. The Hall–Kier alpha value is -0.610. The van der Waals surface area contributed by atoms with Gasteiger partial charge < -0.3 is 16.0 Å². The molecule has 0 heterocycles. The Labute approximate surface area is 105 Å². The summed E-state index contributed by atoms with van der Waals surface area (Å²) in [7, 11) is 4.12. The van der Waals surface area contributed by atoms with E-state index in [4.69, 9.17) is 5.73 Å². The molecule has 0 spiro atoms. The summed E-state index contributed by atoms with van der Waals surface area (Å²) in [6.45, 7) is 5.10. The molecule has 0 saturated heterocycles. The topological polar surface area (TPSA) is 58.4 Å². The Balaban J connectivity index is 2.36. The van der Waals surface area contributed by atoms with Crippen molar-refractivity contribution in [2.45, 2.75) is 45.2 Å². The molecule has 1 fully saturated rings. The zero-order chi connectivity index (χ0) is 13.0. The Morgan fingerprint density at radius 2 is 2.06 bits per heavy atom. The molecule has 1 aliphatic rings. The van der Waals surface area contributed by atoms with Gasteiger partial charge in [0.2, 0.25) is 5.91 Å². The molecule has 1 amide bonds. The number of hydrogen-bond acceptors (Lipinski definition) is 3. The highest BCUT2D eigenvalue weighted by molar-refractivity contribution is 5.79. The Bertz CT molecular complexity index is 245. The quantitative estimate of drug-likeness (QED) is 0.749. The zero-order valence-electron chi connectivity index (χ0n) is 11.6. The maximum Gasteiger partial charge on any atom is 0.223 e. The lowest BCUT2D eigenvalue weighted by molar-refractivity contribution is -0.125. The maximum atomic E-state index is 12.0. The Kier molecular flexibility index (Phi) is 5.40. The third-order valence-electron chi connectivity index (χ3n) is 3.76. The standard InChI is InChI=1S/C13H27N3O/c1-9(2)12(16(3)4)8-15-13(17)10-5-6-11(14)7-10/h9-12H,5-8,14H2,1-4H3,(H,15,17). The van der Waals surface area contributed by atoms with E-state index in [2.05, 4.69) is 38.2 Å². The van der Waals surface area contributed by atoms with Gasteiger partial charge >= 0.3 is 0 Å². The number of nitrogens with two attached hydrogens (primary N) is 1. The molecule has 1 saturated carbocycles. The molecule has 0 aromatic carbocycles. The maximum absolute atomic E-state index is 12.0. The van der Waals surface area contributed by atoms with Gasteiger partial charge in [0.05, 0.1) is 0 Å². The van der Waals surface area contributed by atoms with Crippen molar-refractivity contribution >= 4 is 5.91 Å². The van der Waals surface area contributed by atoms with E-state index in [9.17, 15) is 4.79 Å². The van der Waals surface area contributed by atoms with E-state index in [1.54, 1.807) is 0 Å². The summed E-state index contributed by atoms with van der Waals surface area (Å²) in [6, 6.07) is 0.620. The molecular weight excluding hydrogens is 214 g/mol. The van der Waals surface area contributed by atoms with Crippen molar-refractivity contribution in [1.29, 1.82) is 0 Å². The van der Waals surface area contributed by atoms with Crippen LogP contribution in [0.2, 0.25) is 0 Å². The predicted molar refractivity (Wildman–Crippen MR) is 70.6 cm³/mol. The normalized spacial score (nSPS) is 26.5. The molecule has 0 aliphatic heterocycles. The summed E-state index contributed by atoms with van der Waals surface area (Å²) < 4.78 is 0. The summed E-state index contributed by atoms with van der Waals surface area (Å²) in [6.07, 6.45) is 2.78. The molecule has 1 aliphatic carbocycles. The van der Waals surface area contributed by atoms with Gasteiger partial charge in [0, 0.05) is 24.5 Å². The van der Waals surface area contributed by atoms with Crippen LogP contribution in [0.1, 0.15) is 33.1 Å². The van der Waals surface area contributed by atoms with Crippen molar-refractivity contribution in [3.63, 3.8) is 0 Å². The van der Waals surface area contributed by atoms with E-state index in [1.807, 2.05) is 0 Å². The van der Waals surface area contributed by atoms with Crippen LogP contribution in [0.5, 0.6) is 0 Å².